The summed E-state index contributed by atoms with van der Waals surface area (Å²) in [7, 11) is 0. The number of amides is 2. The summed E-state index contributed by atoms with van der Waals surface area (Å²) in [5.41, 5.74) is -0.732. The molecule has 2 aliphatic heterocycles. The molecular weight excluding hydrogens is 785 g/mol. The van der Waals surface area contributed by atoms with E-state index in [4.69, 9.17) is 39.2 Å². The van der Waals surface area contributed by atoms with Gasteiger partial charge in [0.1, 0.15) is 5.60 Å². The minimum Gasteiger partial charge on any atom is -0.221 e. The van der Waals surface area contributed by atoms with Gasteiger partial charge in [-0.05, 0) is 39.0 Å². The second-order valence-electron chi connectivity index (χ2n) is 16.8. The molecule has 0 bridgehead atoms. The van der Waals surface area contributed by atoms with E-state index in [1.54, 1.807) is 12.1 Å². The van der Waals surface area contributed by atoms with Gasteiger partial charge in [-0.3, -0.25) is 4.90 Å². The Hall–Kier alpha value is -3.94. The Kier molecular flexibility index (Phi) is 23.7. The molecule has 0 aliphatic carbocycles. The molecule has 2 aliphatic rings. The fourth-order valence-corrected chi connectivity index (χ4v) is 8.40. The summed E-state index contributed by atoms with van der Waals surface area (Å²) in [5.74, 6) is 0. The van der Waals surface area contributed by atoms with Gasteiger partial charge in [0.25, 0.3) is 0 Å². The molecule has 4 atom stereocenters. The zero-order valence-electron chi connectivity index (χ0n) is 34.3. The third-order valence-electron chi connectivity index (χ3n) is 8.18. The van der Waals surface area contributed by atoms with Gasteiger partial charge < -0.3 is 4.74 Å². The van der Waals surface area contributed by atoms with Crippen molar-refractivity contribution in [3.63, 3.8) is 0 Å². The number of nitro groups is 1. The summed E-state index contributed by atoms with van der Waals surface area (Å²) in [6, 6.07) is 7.55. The van der Waals surface area contributed by atoms with Crippen molar-refractivity contribution < 1.29 is 58.7 Å². The zero-order valence-corrected chi connectivity index (χ0v) is 36.0. The number of hydrogen-bond acceptors (Lipinski definition) is 13. The first-order chi connectivity index (χ1) is 25.2. The minimum atomic E-state index is -0.527. The normalized spacial score (nSPS) is 19.2. The van der Waals surface area contributed by atoms with E-state index in [0.29, 0.717) is 0 Å². The molecule has 312 valence electrons. The van der Waals surface area contributed by atoms with Crippen LogP contribution in [0.25, 0.3) is 0 Å². The van der Waals surface area contributed by atoms with E-state index in [-0.39, 0.29) is 85.1 Å². The van der Waals surface area contributed by atoms with Gasteiger partial charge in [-0.15, -0.1) is 6.58 Å². The van der Waals surface area contributed by atoms with E-state index in [0.717, 1.165) is 41.9 Å². The average Bonchev–Trinajstić information content (AvgIpc) is 3.67. The Bertz CT molecular complexity index is 1400. The Labute approximate surface area is 331 Å². The second kappa shape index (κ2) is 24.5. The van der Waals surface area contributed by atoms with E-state index in [1.165, 1.54) is 0 Å². The van der Waals surface area contributed by atoms with E-state index < -0.39 is 11.2 Å². The number of nitrogens with zero attached hydrogens (tertiary/aromatic N) is 3. The smallest absolute Gasteiger partial charge is 0.221 e. The Morgan fingerprint density at radius 1 is 0.818 bits per heavy atom. The number of carbonyl (C=O) groups is 2. The number of ether oxygens (including phenoxy) is 2. The fourth-order valence-electron chi connectivity index (χ4n) is 6.14. The standard InChI is InChI=1S/C21H32N2O4Se.C15H27NO2.2CO2.H2O3/c1-20(2,3)18-12-11-15(22(18)19(24)27-21(4,5)6)13-14-28-17-10-8-7-9-16(17)23(25)26;1-8-11-9-10-12(14(2,3)4)16(11)13(17)18-15(5,6)7;2*2-1-3;1-3-2/h7-10,15,18H,11-14H2,1-6H3;8,11-12H,1,9-10H2,2-7H3;;;1-2H/t15?,18-;11?,12-;;;/m00.../s1. The van der Waals surface area contributed by atoms with Gasteiger partial charge in [-0.1, -0.05) is 31.9 Å². The van der Waals surface area contributed by atoms with Gasteiger partial charge in [0.15, 0.2) is 0 Å². The number of para-hydroxylation sites is 1. The number of benzene rings is 1. The van der Waals surface area contributed by atoms with Gasteiger partial charge in [0, 0.05) is 6.04 Å². The molecule has 2 unspecified atom stereocenters. The van der Waals surface area contributed by atoms with Crippen molar-refractivity contribution in [2.75, 3.05) is 0 Å². The first-order valence-corrected chi connectivity index (χ1v) is 19.7. The number of likely N-dealkylation sites (tertiary alicyclic amines) is 2. The van der Waals surface area contributed by atoms with E-state index in [2.05, 4.69) is 53.2 Å². The van der Waals surface area contributed by atoms with Crippen molar-refractivity contribution in [2.45, 2.75) is 156 Å². The molecule has 3 rings (SSSR count). The van der Waals surface area contributed by atoms with Crippen LogP contribution in [0.3, 0.4) is 0 Å². The van der Waals surface area contributed by atoms with Crippen molar-refractivity contribution in [3.05, 3.63) is 47.0 Å². The van der Waals surface area contributed by atoms with E-state index in [1.807, 2.05) is 69.6 Å². The second-order valence-corrected chi connectivity index (χ2v) is 19.1. The molecule has 0 radical (unpaired) electrons. The maximum absolute atomic E-state index is 12.9. The zero-order chi connectivity index (χ0) is 43.4. The molecule has 2 amide bonds. The summed E-state index contributed by atoms with van der Waals surface area (Å²) in [5, 5.41) is 27.6. The molecule has 0 saturated carbocycles. The predicted octanol–water partition coefficient (Wildman–Crippen LogP) is 7.32. The summed E-state index contributed by atoms with van der Waals surface area (Å²) in [4.78, 5) is 72.5. The van der Waals surface area contributed by atoms with Crippen LogP contribution in [0.1, 0.15) is 115 Å². The molecule has 16 nitrogen and oxygen atoms in total. The number of rotatable bonds is 6. The number of hydrogen-bond donors (Lipinski definition) is 2. The average molecular weight is 847 g/mol. The molecule has 17 heteroatoms. The molecular formula is C38H61N3O13Se. The molecule has 2 N–H and O–H groups in total. The van der Waals surface area contributed by atoms with Crippen LogP contribution in [0.15, 0.2) is 36.9 Å². The van der Waals surface area contributed by atoms with Crippen LogP contribution in [0.4, 0.5) is 15.3 Å². The van der Waals surface area contributed by atoms with Gasteiger partial charge in [-0.25, -0.2) is 15.3 Å². The maximum atomic E-state index is 12.9. The molecule has 1 aromatic rings. The van der Waals surface area contributed by atoms with Crippen LogP contribution < -0.4 is 4.46 Å². The van der Waals surface area contributed by atoms with Crippen LogP contribution in [0, 0.1) is 20.9 Å². The molecule has 55 heavy (non-hydrogen) atoms. The van der Waals surface area contributed by atoms with Gasteiger partial charge in [-0.2, -0.15) is 19.2 Å². The Morgan fingerprint density at radius 3 is 1.62 bits per heavy atom. The SMILES string of the molecule is C=CC1CC[C@@H](C(C)(C)C)N1C(=O)OC(C)(C)C.CC(C)(C)OC(=O)N1C(CC[Se]c2ccccc2[N+](=O)[O-])CC[C@H]1C(C)(C)C.O=C=O.O=C=O.OOO. The maximum Gasteiger partial charge on any atom is 0.373 e. The topological polar surface area (TPSA) is 220 Å². The van der Waals surface area contributed by atoms with Crippen molar-refractivity contribution >= 4 is 49.6 Å². The van der Waals surface area contributed by atoms with E-state index in [9.17, 15) is 19.7 Å². The molecule has 0 spiro atoms. The van der Waals surface area contributed by atoms with Gasteiger partial charge in [0.05, 0.1) is 6.04 Å². The van der Waals surface area contributed by atoms with Gasteiger partial charge in [0.2, 0.25) is 0 Å². The molecule has 1 aromatic carbocycles. The Balaban J connectivity index is 0. The van der Waals surface area contributed by atoms with Crippen LogP contribution in [0.2, 0.25) is 5.32 Å². The number of carbonyl (C=O) groups excluding carboxylic acids is 6. The molecule has 2 heterocycles. The third-order valence-corrected chi connectivity index (χ3v) is 10.5. The predicted molar refractivity (Wildman–Crippen MR) is 203 cm³/mol. The fraction of sp³-hybridized carbons (Fsp3) is 0.684. The summed E-state index contributed by atoms with van der Waals surface area (Å²) in [6.45, 7) is 28.2. The van der Waals surface area contributed by atoms with Crippen LogP contribution in [0.5, 0.6) is 0 Å². The number of nitro benzene ring substituents is 1. The van der Waals surface area contributed by atoms with Crippen LogP contribution in [-0.4, -0.2) is 100 Å². The molecule has 0 aromatic heterocycles. The van der Waals surface area contributed by atoms with Crippen molar-refractivity contribution in [3.8, 4) is 0 Å². The minimum absolute atomic E-state index is 0.00306. The van der Waals surface area contributed by atoms with Crippen LogP contribution >= 0.6 is 0 Å². The molecule has 2 fully saturated rings. The van der Waals surface area contributed by atoms with Crippen LogP contribution in [-0.2, 0) is 33.7 Å². The summed E-state index contributed by atoms with van der Waals surface area (Å²) >= 11 is 0.00306. The Morgan fingerprint density at radius 2 is 1.22 bits per heavy atom. The summed E-state index contributed by atoms with van der Waals surface area (Å²) in [6.07, 6.45) is 6.65. The molecule has 2 saturated heterocycles. The largest absolute Gasteiger partial charge is 0.373 e. The first kappa shape index (κ1) is 53.2. The van der Waals surface area contributed by atoms with Gasteiger partial charge >= 0.3 is 193 Å². The van der Waals surface area contributed by atoms with E-state index >= 15 is 0 Å². The monoisotopic (exact) mass is 847 g/mol. The van der Waals surface area contributed by atoms with Crippen molar-refractivity contribution in [2.24, 2.45) is 10.8 Å². The van der Waals surface area contributed by atoms with Crippen molar-refractivity contribution in [1.29, 1.82) is 0 Å². The first-order valence-electron chi connectivity index (χ1n) is 17.7. The third kappa shape index (κ3) is 20.5. The van der Waals surface area contributed by atoms with Crippen molar-refractivity contribution in [1.82, 2.24) is 9.80 Å². The summed E-state index contributed by atoms with van der Waals surface area (Å²) < 4.78 is 12.0. The quantitative estimate of drug-likeness (QED) is 0.0944.